The molecular formula is C18H24N4OS. The Morgan fingerprint density at radius 2 is 2.12 bits per heavy atom. The molecular weight excluding hydrogens is 320 g/mol. The van der Waals surface area contributed by atoms with Gasteiger partial charge >= 0.3 is 0 Å². The first-order valence-electron chi connectivity index (χ1n) is 8.58. The van der Waals surface area contributed by atoms with Gasteiger partial charge < -0.3 is 4.90 Å². The third kappa shape index (κ3) is 2.58. The summed E-state index contributed by atoms with van der Waals surface area (Å²) in [5.41, 5.74) is 1.17. The summed E-state index contributed by atoms with van der Waals surface area (Å²) < 4.78 is 1.84. The highest BCUT2D eigenvalue weighted by atomic mass is 32.1. The van der Waals surface area contributed by atoms with E-state index >= 15 is 0 Å². The van der Waals surface area contributed by atoms with Crippen molar-refractivity contribution >= 4 is 17.2 Å². The zero-order chi connectivity index (χ0) is 16.7. The minimum atomic E-state index is -0.0356. The van der Waals surface area contributed by atoms with Crippen LogP contribution in [-0.2, 0) is 18.4 Å². The van der Waals surface area contributed by atoms with Crippen molar-refractivity contribution in [2.24, 2.45) is 7.05 Å². The van der Waals surface area contributed by atoms with Gasteiger partial charge in [-0.3, -0.25) is 14.4 Å². The van der Waals surface area contributed by atoms with Crippen molar-refractivity contribution in [2.75, 3.05) is 20.1 Å². The van der Waals surface area contributed by atoms with Crippen LogP contribution in [-0.4, -0.2) is 51.2 Å². The lowest BCUT2D eigenvalue weighted by atomic mass is 9.74. The molecule has 2 saturated heterocycles. The maximum Gasteiger partial charge on any atom is 0.223 e. The Bertz CT molecular complexity index is 715. The second-order valence-electron chi connectivity index (χ2n) is 7.12. The molecule has 2 aliphatic heterocycles. The van der Waals surface area contributed by atoms with E-state index in [-0.39, 0.29) is 17.4 Å². The van der Waals surface area contributed by atoms with E-state index in [1.54, 1.807) is 0 Å². The van der Waals surface area contributed by atoms with Crippen molar-refractivity contribution in [3.05, 3.63) is 40.3 Å². The van der Waals surface area contributed by atoms with Crippen LogP contribution in [0.4, 0.5) is 0 Å². The van der Waals surface area contributed by atoms with Gasteiger partial charge in [0.05, 0.1) is 11.7 Å². The normalized spacial score (nSPS) is 24.2. The predicted molar refractivity (Wildman–Crippen MR) is 94.9 cm³/mol. The zero-order valence-electron chi connectivity index (χ0n) is 14.3. The summed E-state index contributed by atoms with van der Waals surface area (Å²) in [4.78, 5) is 18.4. The predicted octanol–water partition coefficient (Wildman–Crippen LogP) is 2.46. The Labute approximate surface area is 146 Å². The molecule has 4 rings (SSSR count). The highest BCUT2D eigenvalue weighted by Crippen LogP contribution is 2.48. The van der Waals surface area contributed by atoms with Gasteiger partial charge in [0.25, 0.3) is 0 Å². The van der Waals surface area contributed by atoms with Gasteiger partial charge in [0.2, 0.25) is 5.91 Å². The molecule has 4 heterocycles. The maximum absolute atomic E-state index is 12.5. The zero-order valence-corrected chi connectivity index (χ0v) is 15.1. The quantitative estimate of drug-likeness (QED) is 0.859. The van der Waals surface area contributed by atoms with E-state index in [0.717, 1.165) is 32.5 Å². The Morgan fingerprint density at radius 1 is 1.33 bits per heavy atom. The van der Waals surface area contributed by atoms with Crippen LogP contribution >= 0.6 is 11.3 Å². The van der Waals surface area contributed by atoms with Crippen molar-refractivity contribution in [1.82, 2.24) is 19.6 Å². The lowest BCUT2D eigenvalue weighted by Crippen LogP contribution is -2.53. The summed E-state index contributed by atoms with van der Waals surface area (Å²) in [6.07, 6.45) is 6.72. The van der Waals surface area contributed by atoms with Crippen LogP contribution in [0.1, 0.15) is 35.6 Å². The summed E-state index contributed by atoms with van der Waals surface area (Å²) in [5, 5.41) is 6.47. The Hall–Kier alpha value is -1.66. The number of amides is 1. The minimum Gasteiger partial charge on any atom is -0.339 e. The van der Waals surface area contributed by atoms with E-state index < -0.39 is 0 Å². The molecule has 6 heteroatoms. The first-order valence-corrected chi connectivity index (χ1v) is 9.46. The highest BCUT2D eigenvalue weighted by molar-refractivity contribution is 7.09. The Morgan fingerprint density at radius 3 is 2.75 bits per heavy atom. The number of likely N-dealkylation sites (tertiary alicyclic amines) is 2. The van der Waals surface area contributed by atoms with Gasteiger partial charge in [0, 0.05) is 57.1 Å². The number of hydrogen-bond acceptors (Lipinski definition) is 4. The number of nitrogens with zero attached hydrogens (tertiary/aromatic N) is 4. The molecule has 0 unspecified atom stereocenters. The summed E-state index contributed by atoms with van der Waals surface area (Å²) in [5.74, 6) is 0.545. The second-order valence-corrected chi connectivity index (χ2v) is 8.15. The number of piperidine rings is 1. The Kier molecular flexibility index (Phi) is 3.96. The topological polar surface area (TPSA) is 41.4 Å². The van der Waals surface area contributed by atoms with E-state index in [1.165, 1.54) is 10.4 Å². The Balaban J connectivity index is 1.53. The van der Waals surface area contributed by atoms with Crippen molar-refractivity contribution in [2.45, 2.75) is 37.3 Å². The van der Waals surface area contributed by atoms with Crippen LogP contribution in [0.3, 0.4) is 0 Å². The number of aromatic nitrogens is 2. The van der Waals surface area contributed by atoms with Gasteiger partial charge in [0.15, 0.2) is 0 Å². The van der Waals surface area contributed by atoms with Gasteiger partial charge in [-0.15, -0.1) is 11.3 Å². The number of rotatable bonds is 3. The fraction of sp³-hybridized carbons (Fsp3) is 0.556. The maximum atomic E-state index is 12.5. The average molecular weight is 344 g/mol. The smallest absolute Gasteiger partial charge is 0.223 e. The van der Waals surface area contributed by atoms with Crippen LogP contribution < -0.4 is 0 Å². The van der Waals surface area contributed by atoms with Gasteiger partial charge in [0.1, 0.15) is 0 Å². The number of aryl methyl sites for hydroxylation is 1. The van der Waals surface area contributed by atoms with E-state index in [9.17, 15) is 4.79 Å². The number of thiophene rings is 1. The summed E-state index contributed by atoms with van der Waals surface area (Å²) in [6.45, 7) is 3.13. The molecule has 128 valence electrons. The molecule has 0 saturated carbocycles. The van der Waals surface area contributed by atoms with Crippen molar-refractivity contribution in [1.29, 1.82) is 0 Å². The van der Waals surface area contributed by atoms with Gasteiger partial charge in [-0.1, -0.05) is 6.07 Å². The molecule has 24 heavy (non-hydrogen) atoms. The largest absolute Gasteiger partial charge is 0.339 e. The number of likely N-dealkylation sites (N-methyl/N-ethyl adjacent to an activating group) is 1. The second kappa shape index (κ2) is 6.01. The molecule has 0 aromatic carbocycles. The number of carbonyl (C=O) groups is 1. The average Bonchev–Trinajstić information content (AvgIpc) is 3.28. The molecule has 1 amide bonds. The molecule has 2 fully saturated rings. The minimum absolute atomic E-state index is 0.0356. The molecule has 0 radical (unpaired) electrons. The third-order valence-corrected chi connectivity index (χ3v) is 6.74. The molecule has 2 aromatic heterocycles. The summed E-state index contributed by atoms with van der Waals surface area (Å²) >= 11 is 1.82. The molecule has 0 N–H and O–H groups in total. The van der Waals surface area contributed by atoms with Crippen LogP contribution in [0.5, 0.6) is 0 Å². The molecule has 1 spiro atoms. The molecule has 2 aliphatic rings. The third-order valence-electron chi connectivity index (χ3n) is 5.88. The van der Waals surface area contributed by atoms with Crippen LogP contribution in [0.15, 0.2) is 29.9 Å². The SMILES string of the molecule is CN1C(=O)C[C@@H](c2cnn(C)c2)C12CCN(Cc1cccs1)CC2. The van der Waals surface area contributed by atoms with E-state index in [0.29, 0.717) is 6.42 Å². The summed E-state index contributed by atoms with van der Waals surface area (Å²) in [7, 11) is 3.94. The molecule has 5 nitrogen and oxygen atoms in total. The van der Waals surface area contributed by atoms with Crippen molar-refractivity contribution < 1.29 is 4.79 Å². The first-order chi connectivity index (χ1) is 11.6. The standard InChI is InChI=1S/C18H24N4OS/c1-20-12-14(11-19-20)16-10-17(23)21(2)18(16)5-7-22(8-6-18)13-15-4-3-9-24-15/h3-4,9,11-12,16H,5-8,10,13H2,1-2H3/t16-/m0/s1. The molecule has 1 atom stereocenters. The first kappa shape index (κ1) is 15.8. The monoisotopic (exact) mass is 344 g/mol. The van der Waals surface area contributed by atoms with E-state index in [2.05, 4.69) is 33.7 Å². The fourth-order valence-corrected chi connectivity index (χ4v) is 5.18. The van der Waals surface area contributed by atoms with Crippen LogP contribution in [0.2, 0.25) is 0 Å². The fourth-order valence-electron chi connectivity index (χ4n) is 4.44. The molecule has 2 aromatic rings. The lowest BCUT2D eigenvalue weighted by Gasteiger charge is -2.46. The highest BCUT2D eigenvalue weighted by Gasteiger charge is 2.52. The van der Waals surface area contributed by atoms with E-state index in [4.69, 9.17) is 0 Å². The summed E-state index contributed by atoms with van der Waals surface area (Å²) in [6, 6.07) is 4.33. The van der Waals surface area contributed by atoms with Crippen molar-refractivity contribution in [3.8, 4) is 0 Å². The lowest BCUT2D eigenvalue weighted by molar-refractivity contribution is -0.130. The van der Waals surface area contributed by atoms with Gasteiger partial charge in [-0.05, 0) is 29.9 Å². The molecule has 0 bridgehead atoms. The molecule has 0 aliphatic carbocycles. The number of hydrogen-bond donors (Lipinski definition) is 0. The van der Waals surface area contributed by atoms with Gasteiger partial charge in [-0.25, -0.2) is 0 Å². The van der Waals surface area contributed by atoms with Crippen LogP contribution in [0, 0.1) is 0 Å². The van der Waals surface area contributed by atoms with Crippen LogP contribution in [0.25, 0.3) is 0 Å². The van der Waals surface area contributed by atoms with E-state index in [1.807, 2.05) is 41.2 Å². The number of carbonyl (C=O) groups excluding carboxylic acids is 1. The van der Waals surface area contributed by atoms with Crippen molar-refractivity contribution in [3.63, 3.8) is 0 Å². The van der Waals surface area contributed by atoms with Gasteiger partial charge in [-0.2, -0.15) is 5.10 Å².